The third-order valence-electron chi connectivity index (χ3n) is 4.74. The second-order valence-electron chi connectivity index (χ2n) is 6.93. The number of methoxy groups -OCH3 is 2. The lowest BCUT2D eigenvalue weighted by atomic mass is 10.1. The number of nitrogens with one attached hydrogen (secondary N) is 1. The van der Waals surface area contributed by atoms with Gasteiger partial charge in [-0.2, -0.15) is 0 Å². The maximum Gasteiger partial charge on any atom is 0.232 e. The van der Waals surface area contributed by atoms with E-state index < -0.39 is 0 Å². The number of hydrogen-bond donors (Lipinski definition) is 1. The predicted molar refractivity (Wildman–Crippen MR) is 132 cm³/mol. The summed E-state index contributed by atoms with van der Waals surface area (Å²) >= 11 is 2.86. The zero-order chi connectivity index (χ0) is 23.2. The molecular formula is C24H23N3O4S2. The molecule has 33 heavy (non-hydrogen) atoms. The molecule has 0 aliphatic carbocycles. The number of rotatable bonds is 9. The van der Waals surface area contributed by atoms with Gasteiger partial charge in [0.15, 0.2) is 5.13 Å². The molecule has 0 atom stereocenters. The molecule has 2 heterocycles. The highest BCUT2D eigenvalue weighted by Gasteiger charge is 2.14. The Labute approximate surface area is 200 Å². The van der Waals surface area contributed by atoms with E-state index in [0.29, 0.717) is 34.6 Å². The molecule has 0 bridgehead atoms. The van der Waals surface area contributed by atoms with Crippen LogP contribution in [0.1, 0.15) is 12.6 Å². The maximum absolute atomic E-state index is 12.6. The first-order valence-corrected chi connectivity index (χ1v) is 12.0. The lowest BCUT2D eigenvalue weighted by Crippen LogP contribution is -2.14. The summed E-state index contributed by atoms with van der Waals surface area (Å²) in [5.74, 6) is 2.04. The van der Waals surface area contributed by atoms with E-state index in [1.807, 2.05) is 60.1 Å². The van der Waals surface area contributed by atoms with E-state index in [9.17, 15) is 4.79 Å². The van der Waals surface area contributed by atoms with Gasteiger partial charge in [0.25, 0.3) is 0 Å². The zero-order valence-electron chi connectivity index (χ0n) is 18.5. The van der Waals surface area contributed by atoms with Crippen LogP contribution < -0.4 is 19.5 Å². The third-order valence-corrected chi connectivity index (χ3v) is 6.44. The van der Waals surface area contributed by atoms with Gasteiger partial charge in [-0.3, -0.25) is 4.79 Å². The van der Waals surface area contributed by atoms with Crippen molar-refractivity contribution in [2.45, 2.75) is 13.3 Å². The molecular weight excluding hydrogens is 458 g/mol. The summed E-state index contributed by atoms with van der Waals surface area (Å²) in [6, 6.07) is 13.3. The number of hydrogen-bond acceptors (Lipinski definition) is 8. The molecule has 170 valence electrons. The van der Waals surface area contributed by atoms with Crippen molar-refractivity contribution in [2.24, 2.45) is 0 Å². The Balaban J connectivity index is 1.41. The van der Waals surface area contributed by atoms with Crippen LogP contribution in [0.2, 0.25) is 0 Å². The second-order valence-corrected chi connectivity index (χ2v) is 8.65. The Morgan fingerprint density at radius 1 is 0.970 bits per heavy atom. The summed E-state index contributed by atoms with van der Waals surface area (Å²) in [4.78, 5) is 21.7. The van der Waals surface area contributed by atoms with Gasteiger partial charge in [-0.15, -0.1) is 22.7 Å². The number of carbonyl (C=O) groups excluding carboxylic acids is 1. The summed E-state index contributed by atoms with van der Waals surface area (Å²) < 4.78 is 16.2. The predicted octanol–water partition coefficient (Wildman–Crippen LogP) is 5.53. The normalized spacial score (nSPS) is 10.6. The first kappa shape index (κ1) is 22.8. The van der Waals surface area contributed by atoms with E-state index >= 15 is 0 Å². The van der Waals surface area contributed by atoms with Crippen LogP contribution in [0.25, 0.3) is 21.8 Å². The first-order valence-electron chi connectivity index (χ1n) is 10.2. The topological polar surface area (TPSA) is 82.6 Å². The highest BCUT2D eigenvalue weighted by atomic mass is 32.1. The summed E-state index contributed by atoms with van der Waals surface area (Å²) in [5.41, 5.74) is 3.21. The average Bonchev–Trinajstić information content (AvgIpc) is 3.49. The van der Waals surface area contributed by atoms with E-state index in [4.69, 9.17) is 14.2 Å². The van der Waals surface area contributed by atoms with E-state index in [0.717, 1.165) is 21.9 Å². The Morgan fingerprint density at radius 2 is 1.76 bits per heavy atom. The van der Waals surface area contributed by atoms with E-state index in [1.54, 1.807) is 14.2 Å². The van der Waals surface area contributed by atoms with Crippen LogP contribution in [-0.2, 0) is 11.2 Å². The smallest absolute Gasteiger partial charge is 0.232 e. The largest absolute Gasteiger partial charge is 0.497 e. The molecule has 1 amide bonds. The van der Waals surface area contributed by atoms with Crippen LogP contribution in [-0.4, -0.2) is 36.7 Å². The minimum atomic E-state index is -0.169. The molecule has 0 unspecified atom stereocenters. The number of carbonyl (C=O) groups is 1. The second kappa shape index (κ2) is 10.5. The fourth-order valence-corrected chi connectivity index (χ4v) is 4.73. The Hall–Kier alpha value is -3.43. The van der Waals surface area contributed by atoms with Gasteiger partial charge in [-0.1, -0.05) is 0 Å². The first-order chi connectivity index (χ1) is 16.1. The van der Waals surface area contributed by atoms with Gasteiger partial charge < -0.3 is 19.5 Å². The standard InChI is InChI=1S/C24H23N3O4S2/c1-4-31-17-7-5-15(6-8-17)23-25-16(13-32-23)11-22(28)27-24-26-20(14-33-24)19-12-18(29-2)9-10-21(19)30-3/h5-10,12-14H,4,11H2,1-3H3,(H,26,27,28). The van der Waals surface area contributed by atoms with Crippen LogP contribution in [0, 0.1) is 0 Å². The molecule has 0 spiro atoms. The van der Waals surface area contributed by atoms with Gasteiger partial charge in [-0.05, 0) is 49.4 Å². The van der Waals surface area contributed by atoms with Crippen LogP contribution in [0.4, 0.5) is 5.13 Å². The number of ether oxygens (including phenoxy) is 3. The molecule has 2 aromatic carbocycles. The van der Waals surface area contributed by atoms with Crippen molar-refractivity contribution in [1.82, 2.24) is 9.97 Å². The fraction of sp³-hybridized carbons (Fsp3) is 0.208. The monoisotopic (exact) mass is 481 g/mol. The number of nitrogens with zero attached hydrogens (tertiary/aromatic N) is 2. The molecule has 4 rings (SSSR count). The molecule has 0 aliphatic heterocycles. The summed E-state index contributed by atoms with van der Waals surface area (Å²) in [6.45, 7) is 2.58. The lowest BCUT2D eigenvalue weighted by molar-refractivity contribution is -0.115. The Bertz CT molecular complexity index is 1230. The molecule has 0 fully saturated rings. The summed E-state index contributed by atoms with van der Waals surface area (Å²) in [6.07, 6.45) is 0.172. The molecule has 0 aliphatic rings. The third kappa shape index (κ3) is 5.50. The number of amides is 1. The highest BCUT2D eigenvalue weighted by molar-refractivity contribution is 7.14. The van der Waals surface area contributed by atoms with Gasteiger partial charge >= 0.3 is 0 Å². The van der Waals surface area contributed by atoms with E-state index in [1.165, 1.54) is 22.7 Å². The molecule has 0 radical (unpaired) electrons. The minimum absolute atomic E-state index is 0.169. The molecule has 7 nitrogen and oxygen atoms in total. The lowest BCUT2D eigenvalue weighted by Gasteiger charge is -2.08. The van der Waals surface area contributed by atoms with Crippen molar-refractivity contribution < 1.29 is 19.0 Å². The van der Waals surface area contributed by atoms with Crippen molar-refractivity contribution >= 4 is 33.7 Å². The quantitative estimate of drug-likeness (QED) is 0.338. The van der Waals surface area contributed by atoms with Crippen molar-refractivity contribution in [3.8, 4) is 39.1 Å². The van der Waals surface area contributed by atoms with E-state index in [-0.39, 0.29) is 12.3 Å². The van der Waals surface area contributed by atoms with Crippen LogP contribution >= 0.6 is 22.7 Å². The minimum Gasteiger partial charge on any atom is -0.497 e. The number of thiazole rings is 2. The SMILES string of the molecule is CCOc1ccc(-c2nc(CC(=O)Nc3nc(-c4cc(OC)ccc4OC)cs3)cs2)cc1. The number of aromatic nitrogens is 2. The fourth-order valence-electron chi connectivity index (χ4n) is 3.18. The number of benzene rings is 2. The van der Waals surface area contributed by atoms with Crippen LogP contribution in [0.15, 0.2) is 53.2 Å². The van der Waals surface area contributed by atoms with Crippen molar-refractivity contribution in [1.29, 1.82) is 0 Å². The maximum atomic E-state index is 12.6. The van der Waals surface area contributed by atoms with Crippen LogP contribution in [0.5, 0.6) is 17.2 Å². The highest BCUT2D eigenvalue weighted by Crippen LogP contribution is 2.35. The molecule has 0 saturated carbocycles. The van der Waals surface area contributed by atoms with Crippen molar-refractivity contribution in [3.05, 3.63) is 58.9 Å². The van der Waals surface area contributed by atoms with Crippen molar-refractivity contribution in [2.75, 3.05) is 26.1 Å². The van der Waals surface area contributed by atoms with Gasteiger partial charge in [0, 0.05) is 21.9 Å². The molecule has 1 N–H and O–H groups in total. The van der Waals surface area contributed by atoms with Crippen molar-refractivity contribution in [3.63, 3.8) is 0 Å². The van der Waals surface area contributed by atoms with E-state index in [2.05, 4.69) is 15.3 Å². The van der Waals surface area contributed by atoms with Gasteiger partial charge in [0.1, 0.15) is 22.3 Å². The molecule has 2 aromatic heterocycles. The van der Waals surface area contributed by atoms with Crippen LogP contribution in [0.3, 0.4) is 0 Å². The molecule has 9 heteroatoms. The Kier molecular flexibility index (Phi) is 7.21. The van der Waals surface area contributed by atoms with Gasteiger partial charge in [0.05, 0.1) is 38.6 Å². The molecule has 0 saturated heterocycles. The van der Waals surface area contributed by atoms with Gasteiger partial charge in [0.2, 0.25) is 5.91 Å². The average molecular weight is 482 g/mol. The Morgan fingerprint density at radius 3 is 2.48 bits per heavy atom. The zero-order valence-corrected chi connectivity index (χ0v) is 20.1. The molecule has 4 aromatic rings. The summed E-state index contributed by atoms with van der Waals surface area (Å²) in [7, 11) is 3.22. The summed E-state index contributed by atoms with van der Waals surface area (Å²) in [5, 5.41) is 8.02. The number of anilines is 1. The van der Waals surface area contributed by atoms with Gasteiger partial charge in [-0.25, -0.2) is 9.97 Å².